The van der Waals surface area contributed by atoms with Crippen molar-refractivity contribution in [1.82, 2.24) is 0 Å². The number of hydrogen-bond donors (Lipinski definition) is 1. The van der Waals surface area contributed by atoms with E-state index in [4.69, 9.17) is 18.9 Å². The molecule has 0 amide bonds. The normalized spacial score (nSPS) is 27.4. The van der Waals surface area contributed by atoms with Gasteiger partial charge in [-0.25, -0.2) is 0 Å². The van der Waals surface area contributed by atoms with Crippen LogP contribution in [0, 0.1) is 0 Å². The van der Waals surface area contributed by atoms with Crippen molar-refractivity contribution < 1.29 is 33.6 Å². The van der Waals surface area contributed by atoms with Crippen molar-refractivity contribution in [2.45, 2.75) is 57.9 Å². The van der Waals surface area contributed by atoms with Gasteiger partial charge in [-0.15, -0.1) is 0 Å². The molecule has 0 aromatic heterocycles. The fraction of sp³-hybridized carbons (Fsp3) is 0.556. The summed E-state index contributed by atoms with van der Waals surface area (Å²) in [5, 5.41) is 9.97. The Kier molecular flexibility index (Phi) is 6.92. The molecule has 138 valence electrons. The molecule has 25 heavy (non-hydrogen) atoms. The molecule has 5 atom stereocenters. The van der Waals surface area contributed by atoms with Crippen molar-refractivity contribution in [3.8, 4) is 0 Å². The molecule has 7 heteroatoms. The first kappa shape index (κ1) is 19.4. The van der Waals surface area contributed by atoms with E-state index < -0.39 is 36.5 Å². The summed E-state index contributed by atoms with van der Waals surface area (Å²) in [6.07, 6.45) is -3.41. The molecule has 0 spiro atoms. The molecule has 1 aliphatic rings. The van der Waals surface area contributed by atoms with Gasteiger partial charge in [-0.1, -0.05) is 30.3 Å². The van der Waals surface area contributed by atoms with Gasteiger partial charge in [0.1, 0.15) is 18.8 Å². The van der Waals surface area contributed by atoms with Gasteiger partial charge in [0.05, 0.1) is 6.10 Å². The highest BCUT2D eigenvalue weighted by atomic mass is 16.7. The number of esters is 2. The van der Waals surface area contributed by atoms with Gasteiger partial charge in [-0.2, -0.15) is 0 Å². The lowest BCUT2D eigenvalue weighted by atomic mass is 10.0. The Bertz CT molecular complexity index is 574. The summed E-state index contributed by atoms with van der Waals surface area (Å²) in [5.74, 6) is -0.987. The lowest BCUT2D eigenvalue weighted by molar-refractivity contribution is -0.261. The number of aliphatic hydroxyl groups excluding tert-OH is 1. The lowest BCUT2D eigenvalue weighted by Gasteiger charge is -2.40. The summed E-state index contributed by atoms with van der Waals surface area (Å²) in [5.41, 5.74) is 0.960. The third-order valence-corrected chi connectivity index (χ3v) is 3.90. The maximum absolute atomic E-state index is 11.5. The predicted octanol–water partition coefficient (Wildman–Crippen LogP) is 1.73. The number of hydrogen-bond acceptors (Lipinski definition) is 7. The van der Waals surface area contributed by atoms with Crippen molar-refractivity contribution >= 4 is 11.9 Å². The smallest absolute Gasteiger partial charge is 0.303 e. The average Bonchev–Trinajstić information content (AvgIpc) is 2.56. The van der Waals surface area contributed by atoms with Crippen LogP contribution in [0.3, 0.4) is 0 Å². The average molecular weight is 352 g/mol. The zero-order valence-corrected chi connectivity index (χ0v) is 14.6. The highest BCUT2D eigenvalue weighted by Crippen LogP contribution is 2.29. The molecule has 2 unspecified atom stereocenters. The van der Waals surface area contributed by atoms with Crippen LogP contribution in [0.1, 0.15) is 38.9 Å². The largest absolute Gasteiger partial charge is 0.463 e. The molecule has 1 fully saturated rings. The monoisotopic (exact) mass is 352 g/mol. The first-order valence-corrected chi connectivity index (χ1v) is 8.21. The molecule has 1 aromatic rings. The van der Waals surface area contributed by atoms with Gasteiger partial charge in [0.25, 0.3) is 0 Å². The third kappa shape index (κ3) is 5.81. The second kappa shape index (κ2) is 8.94. The van der Waals surface area contributed by atoms with E-state index in [9.17, 15) is 14.7 Å². The zero-order chi connectivity index (χ0) is 18.4. The minimum absolute atomic E-state index is 0.135. The summed E-state index contributed by atoms with van der Waals surface area (Å²) in [6, 6.07) is 9.57. The second-order valence-electron chi connectivity index (χ2n) is 5.97. The van der Waals surface area contributed by atoms with Crippen LogP contribution in [0.2, 0.25) is 0 Å². The molecule has 1 N–H and O–H groups in total. The Hall–Kier alpha value is -1.96. The molecular formula is C18H24O7. The summed E-state index contributed by atoms with van der Waals surface area (Å²) < 4.78 is 21.7. The molecule has 1 aliphatic heterocycles. The van der Waals surface area contributed by atoms with E-state index in [1.807, 2.05) is 37.3 Å². The SMILES string of the molecule is CC(=O)OC[C@H]1OC(O)C[C@H](OC(C)c2ccccc2)[C@H]1OC(C)=O. The minimum atomic E-state index is -1.10. The zero-order valence-electron chi connectivity index (χ0n) is 14.6. The van der Waals surface area contributed by atoms with Crippen LogP contribution in [-0.4, -0.2) is 48.3 Å². The molecule has 7 nitrogen and oxygen atoms in total. The standard InChI is InChI=1S/C18H24O7/c1-11(14-7-5-4-6-8-14)23-15-9-17(21)25-16(10-22-12(2)19)18(15)24-13(3)20/h4-8,11,15-18,21H,9-10H2,1-3H3/t11?,15-,16+,17?,18+/m0/s1. The van der Waals surface area contributed by atoms with Crippen LogP contribution in [0.4, 0.5) is 0 Å². The summed E-state index contributed by atoms with van der Waals surface area (Å²) in [4.78, 5) is 22.5. The lowest BCUT2D eigenvalue weighted by Crippen LogP contribution is -2.53. The van der Waals surface area contributed by atoms with Crippen molar-refractivity contribution in [3.05, 3.63) is 35.9 Å². The molecular weight excluding hydrogens is 328 g/mol. The molecule has 1 saturated heterocycles. The molecule has 0 saturated carbocycles. The van der Waals surface area contributed by atoms with Gasteiger partial charge in [-0.05, 0) is 12.5 Å². The molecule has 0 aliphatic carbocycles. The maximum Gasteiger partial charge on any atom is 0.303 e. The molecule has 2 rings (SSSR count). The molecule has 0 bridgehead atoms. The van der Waals surface area contributed by atoms with Crippen LogP contribution in [0.15, 0.2) is 30.3 Å². The topological polar surface area (TPSA) is 91.3 Å². The number of aliphatic hydroxyl groups is 1. The minimum Gasteiger partial charge on any atom is -0.463 e. The van der Waals surface area contributed by atoms with Crippen molar-refractivity contribution in [2.24, 2.45) is 0 Å². The number of carbonyl (C=O) groups excluding carboxylic acids is 2. The first-order chi connectivity index (χ1) is 11.9. The van der Waals surface area contributed by atoms with E-state index in [-0.39, 0.29) is 19.1 Å². The van der Waals surface area contributed by atoms with E-state index in [1.165, 1.54) is 13.8 Å². The van der Waals surface area contributed by atoms with Crippen molar-refractivity contribution in [2.75, 3.05) is 6.61 Å². The summed E-state index contributed by atoms with van der Waals surface area (Å²) >= 11 is 0. The Morgan fingerprint density at radius 3 is 2.52 bits per heavy atom. The highest BCUT2D eigenvalue weighted by Gasteiger charge is 2.42. The highest BCUT2D eigenvalue weighted by molar-refractivity contribution is 5.66. The van der Waals surface area contributed by atoms with Crippen LogP contribution in [0.25, 0.3) is 0 Å². The van der Waals surface area contributed by atoms with E-state index in [0.29, 0.717) is 0 Å². The summed E-state index contributed by atoms with van der Waals surface area (Å²) in [6.45, 7) is 4.30. The fourth-order valence-electron chi connectivity index (χ4n) is 2.78. The van der Waals surface area contributed by atoms with Crippen molar-refractivity contribution in [3.63, 3.8) is 0 Å². The van der Waals surface area contributed by atoms with Crippen LogP contribution < -0.4 is 0 Å². The van der Waals surface area contributed by atoms with Gasteiger partial charge in [0, 0.05) is 20.3 Å². The van der Waals surface area contributed by atoms with Crippen molar-refractivity contribution in [1.29, 1.82) is 0 Å². The predicted molar refractivity (Wildman–Crippen MR) is 87.4 cm³/mol. The number of rotatable bonds is 6. The van der Waals surface area contributed by atoms with Gasteiger partial charge in [0.15, 0.2) is 12.4 Å². The fourth-order valence-corrected chi connectivity index (χ4v) is 2.78. The Morgan fingerprint density at radius 2 is 1.92 bits per heavy atom. The Morgan fingerprint density at radius 1 is 1.24 bits per heavy atom. The van der Waals surface area contributed by atoms with E-state index >= 15 is 0 Å². The van der Waals surface area contributed by atoms with Gasteiger partial charge in [0.2, 0.25) is 0 Å². The number of carbonyl (C=O) groups is 2. The van der Waals surface area contributed by atoms with Gasteiger partial charge >= 0.3 is 11.9 Å². The van der Waals surface area contributed by atoms with Gasteiger partial charge < -0.3 is 24.1 Å². The molecule has 1 aromatic carbocycles. The quantitative estimate of drug-likeness (QED) is 0.780. The second-order valence-corrected chi connectivity index (χ2v) is 5.97. The van der Waals surface area contributed by atoms with Gasteiger partial charge in [-0.3, -0.25) is 9.59 Å². The van der Waals surface area contributed by atoms with Crippen LogP contribution in [0.5, 0.6) is 0 Å². The number of ether oxygens (including phenoxy) is 4. The third-order valence-electron chi connectivity index (χ3n) is 3.90. The first-order valence-electron chi connectivity index (χ1n) is 8.21. The molecule has 1 heterocycles. The van der Waals surface area contributed by atoms with E-state index in [0.717, 1.165) is 5.56 Å². The van der Waals surface area contributed by atoms with Crippen LogP contribution >= 0.6 is 0 Å². The Balaban J connectivity index is 2.13. The number of benzene rings is 1. The maximum atomic E-state index is 11.5. The molecule has 0 radical (unpaired) electrons. The van der Waals surface area contributed by atoms with E-state index in [1.54, 1.807) is 0 Å². The Labute approximate surface area is 146 Å². The van der Waals surface area contributed by atoms with E-state index in [2.05, 4.69) is 0 Å². The summed E-state index contributed by atoms with van der Waals surface area (Å²) in [7, 11) is 0. The van der Waals surface area contributed by atoms with Crippen LogP contribution in [-0.2, 0) is 28.5 Å².